The summed E-state index contributed by atoms with van der Waals surface area (Å²) < 4.78 is 0. The average molecular weight is 373 g/mol. The Labute approximate surface area is 155 Å². The van der Waals surface area contributed by atoms with E-state index < -0.39 is 11.9 Å². The molecular weight excluding hydrogens is 356 g/mol. The maximum atomic E-state index is 12.2. The SMILES string of the molecule is NC(=O)c1ccc(NC(=O)N[C@@H]2CC(=O)N(c3ccc(Cl)cc3)C2)cc1. The zero-order valence-corrected chi connectivity index (χ0v) is 14.5. The average Bonchev–Trinajstić information content (AvgIpc) is 2.96. The van der Waals surface area contributed by atoms with Crippen LogP contribution in [0, 0.1) is 0 Å². The number of amides is 4. The van der Waals surface area contributed by atoms with Crippen LogP contribution in [0.25, 0.3) is 0 Å². The minimum atomic E-state index is -0.534. The molecule has 7 nitrogen and oxygen atoms in total. The third-order valence-corrected chi connectivity index (χ3v) is 4.28. The van der Waals surface area contributed by atoms with Crippen molar-refractivity contribution < 1.29 is 14.4 Å². The van der Waals surface area contributed by atoms with Gasteiger partial charge in [-0.2, -0.15) is 0 Å². The Kier molecular flexibility index (Phi) is 5.09. The molecule has 0 unspecified atom stereocenters. The summed E-state index contributed by atoms with van der Waals surface area (Å²) in [4.78, 5) is 37.0. The van der Waals surface area contributed by atoms with Gasteiger partial charge in [0.1, 0.15) is 0 Å². The van der Waals surface area contributed by atoms with Gasteiger partial charge in [-0.3, -0.25) is 9.59 Å². The molecule has 0 spiro atoms. The molecule has 0 aromatic heterocycles. The van der Waals surface area contributed by atoms with E-state index in [1.54, 1.807) is 41.3 Å². The molecule has 0 radical (unpaired) electrons. The standard InChI is InChI=1S/C18H17ClN4O3/c19-12-3-7-15(8-4-12)23-10-14(9-16(23)24)22-18(26)21-13-5-1-11(2-6-13)17(20)25/h1-8,14H,9-10H2,(H2,20,25)(H2,21,22,26)/t14-/m1/s1. The fourth-order valence-electron chi connectivity index (χ4n) is 2.75. The lowest BCUT2D eigenvalue weighted by Gasteiger charge is -2.17. The zero-order chi connectivity index (χ0) is 18.7. The monoisotopic (exact) mass is 372 g/mol. The summed E-state index contributed by atoms with van der Waals surface area (Å²) >= 11 is 5.86. The Hall–Kier alpha value is -3.06. The smallest absolute Gasteiger partial charge is 0.319 e. The maximum Gasteiger partial charge on any atom is 0.319 e. The number of carbonyl (C=O) groups is 3. The first kappa shape index (κ1) is 17.8. The number of benzene rings is 2. The molecule has 134 valence electrons. The van der Waals surface area contributed by atoms with E-state index in [2.05, 4.69) is 10.6 Å². The molecule has 1 heterocycles. The quantitative estimate of drug-likeness (QED) is 0.767. The van der Waals surface area contributed by atoms with Crippen molar-refractivity contribution in [1.82, 2.24) is 5.32 Å². The number of hydrogen-bond acceptors (Lipinski definition) is 3. The molecule has 4 N–H and O–H groups in total. The van der Waals surface area contributed by atoms with Crippen LogP contribution in [-0.2, 0) is 4.79 Å². The number of nitrogens with two attached hydrogens (primary N) is 1. The van der Waals surface area contributed by atoms with Gasteiger partial charge in [-0.1, -0.05) is 11.6 Å². The molecule has 0 saturated carbocycles. The zero-order valence-electron chi connectivity index (χ0n) is 13.7. The number of nitrogens with one attached hydrogen (secondary N) is 2. The Morgan fingerprint density at radius 3 is 2.35 bits per heavy atom. The normalized spacial score (nSPS) is 16.4. The van der Waals surface area contributed by atoms with Gasteiger partial charge in [-0.25, -0.2) is 4.79 Å². The summed E-state index contributed by atoms with van der Waals surface area (Å²) in [5.41, 5.74) is 6.79. The lowest BCUT2D eigenvalue weighted by atomic mass is 10.2. The van der Waals surface area contributed by atoms with E-state index in [-0.39, 0.29) is 18.4 Å². The molecular formula is C18H17ClN4O3. The second-order valence-electron chi connectivity index (χ2n) is 5.92. The van der Waals surface area contributed by atoms with Crippen LogP contribution in [0.15, 0.2) is 48.5 Å². The van der Waals surface area contributed by atoms with E-state index in [1.165, 1.54) is 12.1 Å². The topological polar surface area (TPSA) is 105 Å². The molecule has 3 rings (SSSR count). The van der Waals surface area contributed by atoms with Gasteiger partial charge in [-0.15, -0.1) is 0 Å². The number of rotatable bonds is 4. The van der Waals surface area contributed by atoms with Crippen molar-refractivity contribution >= 4 is 40.8 Å². The Bertz CT molecular complexity index is 837. The van der Waals surface area contributed by atoms with Crippen molar-refractivity contribution in [1.29, 1.82) is 0 Å². The van der Waals surface area contributed by atoms with Gasteiger partial charge >= 0.3 is 6.03 Å². The molecule has 0 bridgehead atoms. The van der Waals surface area contributed by atoms with Crippen molar-refractivity contribution in [3.63, 3.8) is 0 Å². The highest BCUT2D eigenvalue weighted by molar-refractivity contribution is 6.30. The molecule has 1 fully saturated rings. The first-order chi connectivity index (χ1) is 12.4. The third-order valence-electron chi connectivity index (χ3n) is 4.03. The van der Waals surface area contributed by atoms with Crippen LogP contribution in [0.1, 0.15) is 16.8 Å². The molecule has 1 saturated heterocycles. The minimum absolute atomic E-state index is 0.0663. The second kappa shape index (κ2) is 7.45. The predicted molar refractivity (Wildman–Crippen MR) is 99.3 cm³/mol. The second-order valence-corrected chi connectivity index (χ2v) is 6.36. The summed E-state index contributed by atoms with van der Waals surface area (Å²) in [7, 11) is 0. The molecule has 2 aromatic rings. The van der Waals surface area contributed by atoms with Crippen molar-refractivity contribution in [3.8, 4) is 0 Å². The van der Waals surface area contributed by atoms with Gasteiger partial charge in [0, 0.05) is 34.9 Å². The number of anilines is 2. The van der Waals surface area contributed by atoms with Crippen LogP contribution in [0.3, 0.4) is 0 Å². The molecule has 4 amide bonds. The molecule has 1 aliphatic rings. The fraction of sp³-hybridized carbons (Fsp3) is 0.167. The molecule has 1 atom stereocenters. The highest BCUT2D eigenvalue weighted by Crippen LogP contribution is 2.23. The first-order valence-electron chi connectivity index (χ1n) is 7.95. The summed E-state index contributed by atoms with van der Waals surface area (Å²) in [6.45, 7) is 0.383. The van der Waals surface area contributed by atoms with Crippen LogP contribution < -0.4 is 21.3 Å². The lowest BCUT2D eigenvalue weighted by molar-refractivity contribution is -0.117. The van der Waals surface area contributed by atoms with Crippen molar-refractivity contribution in [2.75, 3.05) is 16.8 Å². The first-order valence-corrected chi connectivity index (χ1v) is 8.33. The molecule has 8 heteroatoms. The predicted octanol–water partition coefficient (Wildman–Crippen LogP) is 2.37. The Morgan fingerprint density at radius 1 is 1.08 bits per heavy atom. The lowest BCUT2D eigenvalue weighted by Crippen LogP contribution is -2.39. The third kappa shape index (κ3) is 4.12. The van der Waals surface area contributed by atoms with Gasteiger partial charge in [0.25, 0.3) is 0 Å². The van der Waals surface area contributed by atoms with E-state index in [4.69, 9.17) is 17.3 Å². The highest BCUT2D eigenvalue weighted by atomic mass is 35.5. The van der Waals surface area contributed by atoms with E-state index in [9.17, 15) is 14.4 Å². The minimum Gasteiger partial charge on any atom is -0.366 e. The fourth-order valence-corrected chi connectivity index (χ4v) is 2.87. The van der Waals surface area contributed by atoms with Gasteiger partial charge < -0.3 is 21.3 Å². The number of halogens is 1. The van der Waals surface area contributed by atoms with Gasteiger partial charge in [0.2, 0.25) is 11.8 Å². The van der Waals surface area contributed by atoms with Crippen molar-refractivity contribution in [2.45, 2.75) is 12.5 Å². The van der Waals surface area contributed by atoms with Gasteiger partial charge in [0.15, 0.2) is 0 Å². The summed E-state index contributed by atoms with van der Waals surface area (Å²) in [6.07, 6.45) is 0.219. The summed E-state index contributed by atoms with van der Waals surface area (Å²) in [5, 5.41) is 6.03. The number of nitrogens with zero attached hydrogens (tertiary/aromatic N) is 1. The Morgan fingerprint density at radius 2 is 1.73 bits per heavy atom. The molecule has 1 aliphatic heterocycles. The van der Waals surface area contributed by atoms with Crippen molar-refractivity contribution in [2.24, 2.45) is 5.73 Å². The summed E-state index contributed by atoms with van der Waals surface area (Å²) in [6, 6.07) is 12.5. The molecule has 0 aliphatic carbocycles. The summed E-state index contributed by atoms with van der Waals surface area (Å²) in [5.74, 6) is -0.601. The number of urea groups is 1. The van der Waals surface area contributed by atoms with E-state index in [0.717, 1.165) is 5.69 Å². The van der Waals surface area contributed by atoms with E-state index in [1.807, 2.05) is 0 Å². The van der Waals surface area contributed by atoms with Gasteiger partial charge in [0.05, 0.1) is 6.04 Å². The van der Waals surface area contributed by atoms with Crippen LogP contribution in [-0.4, -0.2) is 30.4 Å². The number of primary amides is 1. The number of hydrogen-bond donors (Lipinski definition) is 3. The van der Waals surface area contributed by atoms with Crippen LogP contribution in [0.2, 0.25) is 5.02 Å². The Balaban J connectivity index is 1.57. The van der Waals surface area contributed by atoms with E-state index >= 15 is 0 Å². The van der Waals surface area contributed by atoms with Crippen molar-refractivity contribution in [3.05, 3.63) is 59.1 Å². The maximum absolute atomic E-state index is 12.2. The molecule has 2 aromatic carbocycles. The molecule has 26 heavy (non-hydrogen) atoms. The van der Waals surface area contributed by atoms with Crippen LogP contribution >= 0.6 is 11.6 Å². The van der Waals surface area contributed by atoms with Crippen LogP contribution in [0.4, 0.5) is 16.2 Å². The van der Waals surface area contributed by atoms with Gasteiger partial charge in [-0.05, 0) is 48.5 Å². The van der Waals surface area contributed by atoms with E-state index in [0.29, 0.717) is 22.8 Å². The van der Waals surface area contributed by atoms with Crippen LogP contribution in [0.5, 0.6) is 0 Å². The highest BCUT2D eigenvalue weighted by Gasteiger charge is 2.31. The number of carbonyl (C=O) groups excluding carboxylic acids is 3. The largest absolute Gasteiger partial charge is 0.366 e.